The molecule has 0 aromatic rings. The molecular formula is C10H19FO3. The third-order valence-electron chi connectivity index (χ3n) is 2.57. The highest BCUT2D eigenvalue weighted by Crippen LogP contribution is 2.32. The van der Waals surface area contributed by atoms with Crippen LogP contribution in [0.2, 0.25) is 0 Å². The highest BCUT2D eigenvalue weighted by molar-refractivity contribution is 4.91. The third-order valence-corrected chi connectivity index (χ3v) is 2.57. The molecule has 0 aliphatic carbocycles. The Kier molecular flexibility index (Phi) is 3.50. The largest absolute Gasteiger partial charge is 0.390 e. The summed E-state index contributed by atoms with van der Waals surface area (Å²) in [6.45, 7) is 5.08. The number of ether oxygens (including phenoxy) is 1. The van der Waals surface area contributed by atoms with E-state index in [2.05, 4.69) is 0 Å². The zero-order valence-corrected chi connectivity index (χ0v) is 8.90. The molecule has 0 bridgehead atoms. The van der Waals surface area contributed by atoms with E-state index in [4.69, 9.17) is 4.74 Å². The van der Waals surface area contributed by atoms with Crippen LogP contribution in [0.4, 0.5) is 4.39 Å². The van der Waals surface area contributed by atoms with E-state index >= 15 is 0 Å². The Morgan fingerprint density at radius 3 is 2.36 bits per heavy atom. The van der Waals surface area contributed by atoms with Crippen molar-refractivity contribution >= 4 is 0 Å². The predicted octanol–water partition coefficient (Wildman–Crippen LogP) is 0.881. The minimum atomic E-state index is -0.919. The van der Waals surface area contributed by atoms with Gasteiger partial charge in [-0.15, -0.1) is 0 Å². The fourth-order valence-electron chi connectivity index (χ4n) is 1.77. The molecular weight excluding hydrogens is 187 g/mol. The molecule has 4 heteroatoms. The van der Waals surface area contributed by atoms with Crippen LogP contribution in [-0.4, -0.2) is 41.3 Å². The third kappa shape index (κ3) is 2.43. The van der Waals surface area contributed by atoms with Gasteiger partial charge in [0.05, 0.1) is 18.3 Å². The Hall–Kier alpha value is -0.190. The van der Waals surface area contributed by atoms with Crippen LogP contribution in [0, 0.1) is 5.41 Å². The van der Waals surface area contributed by atoms with Gasteiger partial charge in [0, 0.05) is 6.42 Å². The van der Waals surface area contributed by atoms with Crippen molar-refractivity contribution in [1.29, 1.82) is 0 Å². The van der Waals surface area contributed by atoms with Crippen molar-refractivity contribution in [3.8, 4) is 0 Å². The van der Waals surface area contributed by atoms with Crippen LogP contribution in [0.5, 0.6) is 0 Å². The lowest BCUT2D eigenvalue weighted by atomic mass is 9.81. The standard InChI is InChI=1S/C10H19FO3/c1-10(2,3)9-8(13)7(12)4-6(5-11)14-9/h6-9,12-13H,4-5H2,1-3H3. The number of aliphatic hydroxyl groups excluding tert-OH is 2. The van der Waals surface area contributed by atoms with Crippen LogP contribution >= 0.6 is 0 Å². The van der Waals surface area contributed by atoms with E-state index < -0.39 is 31.1 Å². The topological polar surface area (TPSA) is 49.7 Å². The van der Waals surface area contributed by atoms with Gasteiger partial charge in [0.1, 0.15) is 12.8 Å². The number of aliphatic hydroxyl groups is 2. The van der Waals surface area contributed by atoms with Crippen LogP contribution in [0.3, 0.4) is 0 Å². The number of alkyl halides is 1. The Bertz CT molecular complexity index is 190. The maximum atomic E-state index is 12.4. The van der Waals surface area contributed by atoms with Gasteiger partial charge in [-0.1, -0.05) is 20.8 Å². The molecule has 4 atom stereocenters. The monoisotopic (exact) mass is 206 g/mol. The van der Waals surface area contributed by atoms with Gasteiger partial charge in [-0.3, -0.25) is 0 Å². The Morgan fingerprint density at radius 2 is 1.93 bits per heavy atom. The SMILES string of the molecule is CC(C)(C)C1OC(CF)CC(O)C1O. The molecule has 0 saturated carbocycles. The second-order valence-electron chi connectivity index (χ2n) is 4.99. The second kappa shape index (κ2) is 4.13. The lowest BCUT2D eigenvalue weighted by Gasteiger charge is -2.42. The summed E-state index contributed by atoms with van der Waals surface area (Å²) in [5, 5.41) is 19.2. The second-order valence-corrected chi connectivity index (χ2v) is 4.99. The summed E-state index contributed by atoms with van der Waals surface area (Å²) in [6.07, 6.45) is -2.72. The molecule has 2 N–H and O–H groups in total. The molecule has 0 spiro atoms. The van der Waals surface area contributed by atoms with Crippen molar-refractivity contribution in [3.05, 3.63) is 0 Å². The van der Waals surface area contributed by atoms with E-state index in [9.17, 15) is 14.6 Å². The summed E-state index contributed by atoms with van der Waals surface area (Å²) in [7, 11) is 0. The quantitative estimate of drug-likeness (QED) is 0.669. The fourth-order valence-corrected chi connectivity index (χ4v) is 1.77. The molecule has 3 nitrogen and oxygen atoms in total. The summed E-state index contributed by atoms with van der Waals surface area (Å²) in [6, 6.07) is 0. The van der Waals surface area contributed by atoms with Crippen LogP contribution in [0.1, 0.15) is 27.2 Å². The van der Waals surface area contributed by atoms with E-state index in [-0.39, 0.29) is 11.8 Å². The highest BCUT2D eigenvalue weighted by Gasteiger charge is 2.42. The minimum Gasteiger partial charge on any atom is -0.390 e. The molecule has 0 aromatic heterocycles. The molecule has 0 aromatic carbocycles. The first-order valence-electron chi connectivity index (χ1n) is 4.94. The van der Waals surface area contributed by atoms with Gasteiger partial charge >= 0.3 is 0 Å². The minimum absolute atomic E-state index is 0.171. The lowest BCUT2D eigenvalue weighted by molar-refractivity contribution is -0.202. The zero-order valence-electron chi connectivity index (χ0n) is 8.90. The predicted molar refractivity (Wildman–Crippen MR) is 50.7 cm³/mol. The number of halogens is 1. The summed E-state index contributed by atoms with van der Waals surface area (Å²) in [5.41, 5.74) is -0.297. The van der Waals surface area contributed by atoms with Gasteiger partial charge in [0.2, 0.25) is 0 Å². The highest BCUT2D eigenvalue weighted by atomic mass is 19.1. The van der Waals surface area contributed by atoms with Crippen molar-refractivity contribution in [3.63, 3.8) is 0 Å². The Morgan fingerprint density at radius 1 is 1.36 bits per heavy atom. The first kappa shape index (κ1) is 11.9. The van der Waals surface area contributed by atoms with Gasteiger partial charge < -0.3 is 14.9 Å². The summed E-state index contributed by atoms with van der Waals surface area (Å²) in [4.78, 5) is 0. The molecule has 84 valence electrons. The lowest BCUT2D eigenvalue weighted by Crippen LogP contribution is -2.53. The molecule has 1 rings (SSSR count). The zero-order chi connectivity index (χ0) is 10.9. The van der Waals surface area contributed by atoms with Crippen molar-refractivity contribution < 1.29 is 19.3 Å². The average molecular weight is 206 g/mol. The van der Waals surface area contributed by atoms with E-state index in [0.29, 0.717) is 0 Å². The summed E-state index contributed by atoms with van der Waals surface area (Å²) < 4.78 is 17.8. The number of rotatable bonds is 1. The molecule has 1 heterocycles. The van der Waals surface area contributed by atoms with Gasteiger partial charge in [-0.25, -0.2) is 4.39 Å². The molecule has 1 aliphatic rings. The Balaban J connectivity index is 2.73. The van der Waals surface area contributed by atoms with Crippen LogP contribution in [0.25, 0.3) is 0 Å². The number of hydrogen-bond donors (Lipinski definition) is 2. The van der Waals surface area contributed by atoms with Gasteiger partial charge in [0.25, 0.3) is 0 Å². The number of hydrogen-bond acceptors (Lipinski definition) is 3. The van der Waals surface area contributed by atoms with E-state index in [1.165, 1.54) is 0 Å². The van der Waals surface area contributed by atoms with Gasteiger partial charge in [-0.05, 0) is 5.41 Å². The van der Waals surface area contributed by atoms with Crippen LogP contribution < -0.4 is 0 Å². The first-order valence-corrected chi connectivity index (χ1v) is 4.94. The molecule has 1 fully saturated rings. The fraction of sp³-hybridized carbons (Fsp3) is 1.00. The molecule has 0 amide bonds. The Labute approximate surface area is 83.9 Å². The van der Waals surface area contributed by atoms with Crippen LogP contribution in [-0.2, 0) is 4.74 Å². The smallest absolute Gasteiger partial charge is 0.116 e. The van der Waals surface area contributed by atoms with Crippen LogP contribution in [0.15, 0.2) is 0 Å². The van der Waals surface area contributed by atoms with Crippen molar-refractivity contribution in [1.82, 2.24) is 0 Å². The van der Waals surface area contributed by atoms with Crippen molar-refractivity contribution in [2.75, 3.05) is 6.67 Å². The summed E-state index contributed by atoms with van der Waals surface area (Å²) in [5.74, 6) is 0. The van der Waals surface area contributed by atoms with Gasteiger partial charge in [-0.2, -0.15) is 0 Å². The molecule has 4 unspecified atom stereocenters. The van der Waals surface area contributed by atoms with Gasteiger partial charge in [0.15, 0.2) is 0 Å². The summed E-state index contributed by atoms with van der Waals surface area (Å²) >= 11 is 0. The molecule has 1 aliphatic heterocycles. The molecule has 1 saturated heterocycles. The van der Waals surface area contributed by atoms with E-state index in [1.54, 1.807) is 0 Å². The van der Waals surface area contributed by atoms with E-state index in [0.717, 1.165) is 0 Å². The van der Waals surface area contributed by atoms with Crippen molar-refractivity contribution in [2.24, 2.45) is 5.41 Å². The normalized spacial score (nSPS) is 39.9. The van der Waals surface area contributed by atoms with Crippen molar-refractivity contribution in [2.45, 2.75) is 51.6 Å². The average Bonchev–Trinajstić information content (AvgIpc) is 2.07. The first-order chi connectivity index (χ1) is 6.36. The molecule has 0 radical (unpaired) electrons. The molecule has 14 heavy (non-hydrogen) atoms. The van der Waals surface area contributed by atoms with E-state index in [1.807, 2.05) is 20.8 Å². The maximum absolute atomic E-state index is 12.4. The maximum Gasteiger partial charge on any atom is 0.116 e.